The molecular formula is C15H13FN2O3. The number of fused-ring (bicyclic) bond motifs is 1. The molecule has 1 atom stereocenters. The highest BCUT2D eigenvalue weighted by molar-refractivity contribution is 5.99. The zero-order valence-electron chi connectivity index (χ0n) is 11.0. The molecule has 0 saturated heterocycles. The van der Waals surface area contributed by atoms with Crippen molar-refractivity contribution >= 4 is 11.6 Å². The molecule has 0 fully saturated rings. The number of ether oxygens (including phenoxy) is 1. The number of hydrogen-bond acceptors (Lipinski definition) is 4. The maximum atomic E-state index is 13.7. The van der Waals surface area contributed by atoms with E-state index in [1.54, 1.807) is 24.3 Å². The van der Waals surface area contributed by atoms with Gasteiger partial charge in [0, 0.05) is 6.07 Å². The van der Waals surface area contributed by atoms with Crippen molar-refractivity contribution < 1.29 is 19.1 Å². The summed E-state index contributed by atoms with van der Waals surface area (Å²) < 4.78 is 19.3. The van der Waals surface area contributed by atoms with Crippen LogP contribution in [0, 0.1) is 5.82 Å². The quantitative estimate of drug-likeness (QED) is 0.831. The van der Waals surface area contributed by atoms with Crippen LogP contribution in [0.3, 0.4) is 0 Å². The molecular weight excluding hydrogens is 275 g/mol. The van der Waals surface area contributed by atoms with Gasteiger partial charge in [-0.05, 0) is 30.2 Å². The first-order valence-corrected chi connectivity index (χ1v) is 6.40. The summed E-state index contributed by atoms with van der Waals surface area (Å²) >= 11 is 0. The molecule has 3 rings (SSSR count). The van der Waals surface area contributed by atoms with Gasteiger partial charge >= 0.3 is 0 Å². The Hall–Kier alpha value is -2.44. The number of carbonyl (C=O) groups excluding carboxylic acids is 1. The Balaban J connectivity index is 2.07. The second-order valence-electron chi connectivity index (χ2n) is 4.79. The lowest BCUT2D eigenvalue weighted by molar-refractivity contribution is -0.125. The first-order valence-electron chi connectivity index (χ1n) is 6.40. The summed E-state index contributed by atoms with van der Waals surface area (Å²) in [7, 11) is 0. The summed E-state index contributed by atoms with van der Waals surface area (Å²) in [6, 6.07) is 10.2. The number of anilines is 1. The smallest absolute Gasteiger partial charge is 0.268 e. The number of benzene rings is 2. The number of nitrogens with two attached hydrogens (primary N) is 1. The van der Waals surface area contributed by atoms with E-state index in [0.717, 1.165) is 6.07 Å². The first-order chi connectivity index (χ1) is 10.1. The molecule has 0 aromatic heterocycles. The molecule has 0 radical (unpaired) electrons. The van der Waals surface area contributed by atoms with Gasteiger partial charge in [-0.3, -0.25) is 10.0 Å². The molecule has 1 amide bonds. The maximum absolute atomic E-state index is 13.7. The molecule has 5 nitrogen and oxygen atoms in total. The van der Waals surface area contributed by atoms with Gasteiger partial charge in [0.05, 0.1) is 6.04 Å². The van der Waals surface area contributed by atoms with Gasteiger partial charge in [-0.25, -0.2) is 4.39 Å². The van der Waals surface area contributed by atoms with E-state index in [-0.39, 0.29) is 17.9 Å². The molecule has 21 heavy (non-hydrogen) atoms. The third-order valence-electron chi connectivity index (χ3n) is 3.27. The third-order valence-corrected chi connectivity index (χ3v) is 3.27. The molecule has 0 spiro atoms. The number of rotatable bonds is 2. The molecule has 108 valence electrons. The Morgan fingerprint density at radius 1 is 1.29 bits per heavy atom. The van der Waals surface area contributed by atoms with E-state index in [1.807, 2.05) is 6.07 Å². The van der Waals surface area contributed by atoms with Crippen molar-refractivity contribution in [3.63, 3.8) is 0 Å². The Labute approximate surface area is 120 Å². The highest BCUT2D eigenvalue weighted by atomic mass is 19.1. The van der Waals surface area contributed by atoms with E-state index in [4.69, 9.17) is 10.5 Å². The molecule has 6 heteroatoms. The Morgan fingerprint density at radius 2 is 2.00 bits per heavy atom. The molecule has 1 unspecified atom stereocenters. The lowest BCUT2D eigenvalue weighted by Crippen LogP contribution is -2.47. The Bertz CT molecular complexity index is 691. The van der Waals surface area contributed by atoms with Gasteiger partial charge in [-0.1, -0.05) is 18.2 Å². The molecule has 0 bridgehead atoms. The fourth-order valence-electron chi connectivity index (χ4n) is 2.31. The van der Waals surface area contributed by atoms with E-state index in [0.29, 0.717) is 16.4 Å². The van der Waals surface area contributed by atoms with Gasteiger partial charge < -0.3 is 10.5 Å². The van der Waals surface area contributed by atoms with Crippen LogP contribution in [0.2, 0.25) is 0 Å². The van der Waals surface area contributed by atoms with E-state index < -0.39 is 17.8 Å². The Kier molecular flexibility index (Phi) is 3.32. The molecule has 0 saturated carbocycles. The van der Waals surface area contributed by atoms with Crippen LogP contribution in [0.1, 0.15) is 5.56 Å². The highest BCUT2D eigenvalue weighted by Crippen LogP contribution is 2.38. The van der Waals surface area contributed by atoms with Crippen molar-refractivity contribution in [3.8, 4) is 11.5 Å². The van der Waals surface area contributed by atoms with Crippen LogP contribution in [0.15, 0.2) is 42.5 Å². The molecule has 1 aliphatic heterocycles. The average molecular weight is 288 g/mol. The summed E-state index contributed by atoms with van der Waals surface area (Å²) in [5.74, 6) is -0.623. The minimum Gasteiger partial charge on any atom is -0.455 e. The van der Waals surface area contributed by atoms with Crippen molar-refractivity contribution in [1.29, 1.82) is 0 Å². The van der Waals surface area contributed by atoms with E-state index in [9.17, 15) is 14.4 Å². The summed E-state index contributed by atoms with van der Waals surface area (Å²) in [4.78, 5) is 11.8. The van der Waals surface area contributed by atoms with Crippen molar-refractivity contribution in [1.82, 2.24) is 0 Å². The topological polar surface area (TPSA) is 75.8 Å². The normalized spacial score (nSPS) is 17.6. The van der Waals surface area contributed by atoms with E-state index in [1.165, 1.54) is 6.07 Å². The third kappa shape index (κ3) is 2.46. The van der Waals surface area contributed by atoms with Crippen molar-refractivity contribution in [2.45, 2.75) is 12.5 Å². The number of amides is 1. The number of para-hydroxylation sites is 1. The zero-order valence-corrected chi connectivity index (χ0v) is 11.0. The first kappa shape index (κ1) is 13.5. The number of nitrogens with zero attached hydrogens (tertiary/aromatic N) is 1. The number of hydrogen-bond donors (Lipinski definition) is 2. The molecule has 1 heterocycles. The van der Waals surface area contributed by atoms with Crippen LogP contribution in [-0.2, 0) is 11.2 Å². The molecule has 1 aliphatic rings. The summed E-state index contributed by atoms with van der Waals surface area (Å²) in [6.07, 6.45) is 0.147. The zero-order chi connectivity index (χ0) is 15.0. The standard InChI is InChI=1S/C15H13FN2O3/c16-10-6-9-7-12(17)15(19)18(20)14(9)13(8-10)21-11-4-2-1-3-5-11/h1-6,8,12,20H,7,17H2. The van der Waals surface area contributed by atoms with Crippen molar-refractivity contribution in [3.05, 3.63) is 53.8 Å². The predicted molar refractivity (Wildman–Crippen MR) is 73.9 cm³/mol. The van der Waals surface area contributed by atoms with Gasteiger partial charge in [0.2, 0.25) is 0 Å². The second-order valence-corrected chi connectivity index (χ2v) is 4.79. The van der Waals surface area contributed by atoms with Gasteiger partial charge in [0.25, 0.3) is 5.91 Å². The van der Waals surface area contributed by atoms with E-state index >= 15 is 0 Å². The van der Waals surface area contributed by atoms with Gasteiger partial charge in [0.1, 0.15) is 17.3 Å². The van der Waals surface area contributed by atoms with Crippen molar-refractivity contribution in [2.75, 3.05) is 5.06 Å². The van der Waals surface area contributed by atoms with Crippen LogP contribution in [0.5, 0.6) is 11.5 Å². The number of halogens is 1. The lowest BCUT2D eigenvalue weighted by atomic mass is 9.98. The molecule has 2 aromatic carbocycles. The largest absolute Gasteiger partial charge is 0.455 e. The minimum atomic E-state index is -0.895. The molecule has 2 aromatic rings. The molecule has 3 N–H and O–H groups in total. The highest BCUT2D eigenvalue weighted by Gasteiger charge is 2.33. The monoisotopic (exact) mass is 288 g/mol. The summed E-state index contributed by atoms with van der Waals surface area (Å²) in [5.41, 5.74) is 6.18. The fourth-order valence-corrected chi connectivity index (χ4v) is 2.31. The average Bonchev–Trinajstić information content (AvgIpc) is 2.45. The lowest BCUT2D eigenvalue weighted by Gasteiger charge is -2.29. The van der Waals surface area contributed by atoms with Crippen LogP contribution in [0.25, 0.3) is 0 Å². The van der Waals surface area contributed by atoms with E-state index in [2.05, 4.69) is 0 Å². The van der Waals surface area contributed by atoms with Crippen LogP contribution in [0.4, 0.5) is 10.1 Å². The minimum absolute atomic E-state index is 0.0685. The Morgan fingerprint density at radius 3 is 2.71 bits per heavy atom. The van der Waals surface area contributed by atoms with Crippen LogP contribution < -0.4 is 15.5 Å². The van der Waals surface area contributed by atoms with Crippen LogP contribution in [-0.4, -0.2) is 17.2 Å². The van der Waals surface area contributed by atoms with Crippen molar-refractivity contribution in [2.24, 2.45) is 5.73 Å². The maximum Gasteiger partial charge on any atom is 0.268 e. The van der Waals surface area contributed by atoms with Gasteiger partial charge in [-0.15, -0.1) is 0 Å². The van der Waals surface area contributed by atoms with Crippen LogP contribution >= 0.6 is 0 Å². The second kappa shape index (κ2) is 5.16. The van der Waals surface area contributed by atoms with Gasteiger partial charge in [0.15, 0.2) is 5.75 Å². The summed E-state index contributed by atoms with van der Waals surface area (Å²) in [6.45, 7) is 0. The predicted octanol–water partition coefficient (Wildman–Crippen LogP) is 2.22. The summed E-state index contributed by atoms with van der Waals surface area (Å²) in [5, 5.41) is 10.4. The fraction of sp³-hybridized carbons (Fsp3) is 0.133. The number of carbonyl (C=O) groups is 1. The van der Waals surface area contributed by atoms with Gasteiger partial charge in [-0.2, -0.15) is 5.06 Å². The SMILES string of the molecule is NC1Cc2cc(F)cc(Oc3ccccc3)c2N(O)C1=O. The number of hydroxylamine groups is 1. The molecule has 0 aliphatic carbocycles.